The molecule has 0 spiro atoms. The molecule has 1 aromatic carbocycles. The highest BCUT2D eigenvalue weighted by atomic mass is 16.5. The smallest absolute Gasteiger partial charge is 0.338 e. The number of rotatable bonds is 6. The molecule has 1 heterocycles. The molecule has 0 aliphatic rings. The Morgan fingerprint density at radius 1 is 1.18 bits per heavy atom. The molecule has 0 saturated heterocycles. The molecule has 0 unspecified atom stereocenters. The number of carbonyl (C=O) groups excluding carboxylic acids is 1. The number of likely N-dealkylation sites (N-methyl/N-ethyl adjacent to an activating group) is 1. The summed E-state index contributed by atoms with van der Waals surface area (Å²) in [5.41, 5.74) is 0.867. The van der Waals surface area contributed by atoms with Gasteiger partial charge >= 0.3 is 5.97 Å². The van der Waals surface area contributed by atoms with E-state index < -0.39 is 5.97 Å². The molecule has 0 aliphatic heterocycles. The maximum Gasteiger partial charge on any atom is 0.338 e. The predicted molar refractivity (Wildman–Crippen MR) is 82.6 cm³/mol. The zero-order valence-corrected chi connectivity index (χ0v) is 12.7. The van der Waals surface area contributed by atoms with Gasteiger partial charge in [0.15, 0.2) is 0 Å². The number of nitrogens with zero attached hydrogens (tertiary/aromatic N) is 3. The van der Waals surface area contributed by atoms with Gasteiger partial charge in [0.2, 0.25) is 0 Å². The lowest BCUT2D eigenvalue weighted by molar-refractivity contribution is 0.0465. The number of aromatic nitrogens is 2. The highest BCUT2D eigenvalue weighted by Gasteiger charge is 2.08. The number of hydrogen-bond donors (Lipinski definition) is 0. The van der Waals surface area contributed by atoms with Gasteiger partial charge in [-0.25, -0.2) is 9.48 Å². The molecule has 6 heteroatoms. The van der Waals surface area contributed by atoms with Crippen LogP contribution in [0, 0.1) is 0 Å². The van der Waals surface area contributed by atoms with Gasteiger partial charge in [0, 0.05) is 12.6 Å². The molecule has 0 amide bonds. The minimum Gasteiger partial charge on any atom is -0.456 e. The summed E-state index contributed by atoms with van der Waals surface area (Å²) in [6.45, 7) is 1.24. The van der Waals surface area contributed by atoms with E-state index in [1.165, 1.54) is 10.7 Å². The molecule has 0 aliphatic carbocycles. The Bertz CT molecular complexity index is 681. The van der Waals surface area contributed by atoms with Crippen molar-refractivity contribution in [3.05, 3.63) is 64.1 Å². The van der Waals surface area contributed by atoms with Crippen molar-refractivity contribution in [2.45, 2.75) is 13.2 Å². The first-order valence-corrected chi connectivity index (χ1v) is 7.00. The van der Waals surface area contributed by atoms with Gasteiger partial charge in [0.1, 0.15) is 6.61 Å². The van der Waals surface area contributed by atoms with Crippen LogP contribution in [0.5, 0.6) is 0 Å². The van der Waals surface area contributed by atoms with Gasteiger partial charge in [-0.1, -0.05) is 18.2 Å². The van der Waals surface area contributed by atoms with E-state index in [0.29, 0.717) is 24.3 Å². The van der Waals surface area contributed by atoms with Crippen LogP contribution in [-0.4, -0.2) is 41.3 Å². The van der Waals surface area contributed by atoms with Crippen LogP contribution in [0.1, 0.15) is 16.1 Å². The van der Waals surface area contributed by atoms with Crippen LogP contribution in [-0.2, 0) is 17.9 Å². The van der Waals surface area contributed by atoms with Crippen LogP contribution in [0.25, 0.3) is 0 Å². The summed E-state index contributed by atoms with van der Waals surface area (Å²) in [5.74, 6) is -0.409. The van der Waals surface area contributed by atoms with Crippen LogP contribution in [0.4, 0.5) is 0 Å². The molecule has 2 rings (SSSR count). The van der Waals surface area contributed by atoms with Gasteiger partial charge in [-0.2, -0.15) is 5.10 Å². The Kier molecular flexibility index (Phi) is 5.43. The molecule has 0 saturated carbocycles. The number of carbonyl (C=O) groups is 1. The van der Waals surface area contributed by atoms with E-state index in [9.17, 15) is 9.59 Å². The van der Waals surface area contributed by atoms with Gasteiger partial charge < -0.3 is 9.64 Å². The summed E-state index contributed by atoms with van der Waals surface area (Å²) < 4.78 is 6.59. The molecular formula is C16H19N3O3. The third kappa shape index (κ3) is 4.53. The molecule has 0 radical (unpaired) electrons. The van der Waals surface area contributed by atoms with Crippen molar-refractivity contribution >= 4 is 5.97 Å². The van der Waals surface area contributed by atoms with E-state index in [-0.39, 0.29) is 12.2 Å². The number of hydrogen-bond acceptors (Lipinski definition) is 5. The number of ether oxygens (including phenoxy) is 1. The molecule has 0 N–H and O–H groups in total. The van der Waals surface area contributed by atoms with Gasteiger partial charge in [-0.3, -0.25) is 4.79 Å². The Morgan fingerprint density at radius 3 is 2.59 bits per heavy atom. The van der Waals surface area contributed by atoms with Crippen molar-refractivity contribution in [3.63, 3.8) is 0 Å². The Morgan fingerprint density at radius 2 is 1.91 bits per heavy atom. The second kappa shape index (κ2) is 7.51. The van der Waals surface area contributed by atoms with E-state index in [4.69, 9.17) is 4.74 Å². The topological polar surface area (TPSA) is 64.4 Å². The highest BCUT2D eigenvalue weighted by Crippen LogP contribution is 2.03. The monoisotopic (exact) mass is 301 g/mol. The number of benzene rings is 1. The van der Waals surface area contributed by atoms with E-state index in [2.05, 4.69) is 5.10 Å². The molecule has 1 aromatic heterocycles. The van der Waals surface area contributed by atoms with Crippen LogP contribution < -0.4 is 5.56 Å². The average Bonchev–Trinajstić information content (AvgIpc) is 2.53. The quantitative estimate of drug-likeness (QED) is 0.749. The summed E-state index contributed by atoms with van der Waals surface area (Å²) in [6.07, 6.45) is 0. The van der Waals surface area contributed by atoms with Gasteiger partial charge in [0.05, 0.1) is 17.8 Å². The number of esters is 1. The van der Waals surface area contributed by atoms with Crippen molar-refractivity contribution in [2.24, 2.45) is 0 Å². The van der Waals surface area contributed by atoms with E-state index in [1.54, 1.807) is 30.3 Å². The van der Waals surface area contributed by atoms with E-state index >= 15 is 0 Å². The molecule has 2 aromatic rings. The first kappa shape index (κ1) is 15.9. The minimum absolute atomic E-state index is 0.0377. The first-order valence-electron chi connectivity index (χ1n) is 7.00. The van der Waals surface area contributed by atoms with Crippen molar-refractivity contribution in [1.29, 1.82) is 0 Å². The van der Waals surface area contributed by atoms with Crippen molar-refractivity contribution in [2.75, 3.05) is 20.6 Å². The zero-order chi connectivity index (χ0) is 15.9. The SMILES string of the molecule is CN(C)CCn1nc(COC(=O)c2ccccc2)ccc1=O. The fourth-order valence-corrected chi connectivity index (χ4v) is 1.82. The third-order valence-corrected chi connectivity index (χ3v) is 3.04. The Hall–Kier alpha value is -2.47. The predicted octanol–water partition coefficient (Wildman–Crippen LogP) is 1.16. The normalized spacial score (nSPS) is 10.7. The summed E-state index contributed by atoms with van der Waals surface area (Å²) >= 11 is 0. The molecule has 0 bridgehead atoms. The van der Waals surface area contributed by atoms with Gasteiger partial charge in [-0.05, 0) is 32.3 Å². The first-order chi connectivity index (χ1) is 10.6. The maximum atomic E-state index is 11.9. The summed E-state index contributed by atoms with van der Waals surface area (Å²) in [7, 11) is 3.85. The average molecular weight is 301 g/mol. The molecule has 116 valence electrons. The molecule has 0 fully saturated rings. The zero-order valence-electron chi connectivity index (χ0n) is 12.7. The fraction of sp³-hybridized carbons (Fsp3) is 0.312. The fourth-order valence-electron chi connectivity index (χ4n) is 1.82. The second-order valence-corrected chi connectivity index (χ2v) is 5.13. The van der Waals surface area contributed by atoms with Crippen molar-refractivity contribution in [1.82, 2.24) is 14.7 Å². The molecule has 0 atom stereocenters. The van der Waals surface area contributed by atoms with Crippen LogP contribution in [0.3, 0.4) is 0 Å². The Labute approximate surface area is 128 Å². The molecular weight excluding hydrogens is 282 g/mol. The standard InChI is InChI=1S/C16H19N3O3/c1-18(2)10-11-19-15(20)9-8-14(17-19)12-22-16(21)13-6-4-3-5-7-13/h3-9H,10-12H2,1-2H3. The largest absolute Gasteiger partial charge is 0.456 e. The van der Waals surface area contributed by atoms with Gasteiger partial charge in [-0.15, -0.1) is 0 Å². The van der Waals surface area contributed by atoms with Crippen molar-refractivity contribution in [3.8, 4) is 0 Å². The van der Waals surface area contributed by atoms with Crippen LogP contribution in [0.15, 0.2) is 47.3 Å². The highest BCUT2D eigenvalue weighted by molar-refractivity contribution is 5.89. The van der Waals surface area contributed by atoms with E-state index in [1.807, 2.05) is 25.1 Å². The summed E-state index contributed by atoms with van der Waals surface area (Å²) in [4.78, 5) is 25.5. The van der Waals surface area contributed by atoms with Gasteiger partial charge in [0.25, 0.3) is 5.56 Å². The summed E-state index contributed by atoms with van der Waals surface area (Å²) in [5, 5.41) is 4.21. The van der Waals surface area contributed by atoms with E-state index in [0.717, 1.165) is 0 Å². The van der Waals surface area contributed by atoms with Crippen molar-refractivity contribution < 1.29 is 9.53 Å². The summed E-state index contributed by atoms with van der Waals surface area (Å²) in [6, 6.07) is 11.8. The lowest BCUT2D eigenvalue weighted by Crippen LogP contribution is -2.28. The maximum absolute atomic E-state index is 11.9. The molecule has 6 nitrogen and oxygen atoms in total. The van der Waals surface area contributed by atoms with Crippen LogP contribution in [0.2, 0.25) is 0 Å². The Balaban J connectivity index is 1.99. The lowest BCUT2D eigenvalue weighted by Gasteiger charge is -2.11. The second-order valence-electron chi connectivity index (χ2n) is 5.13. The lowest BCUT2D eigenvalue weighted by atomic mass is 10.2. The van der Waals surface area contributed by atoms with Crippen LogP contribution >= 0.6 is 0 Å². The molecule has 22 heavy (non-hydrogen) atoms. The third-order valence-electron chi connectivity index (χ3n) is 3.04. The minimum atomic E-state index is -0.409.